The zero-order valence-electron chi connectivity index (χ0n) is 9.36. The topological polar surface area (TPSA) is 27.1 Å². The summed E-state index contributed by atoms with van der Waals surface area (Å²) in [4.78, 5) is 4.13. The second-order valence-electron chi connectivity index (χ2n) is 3.71. The molecule has 0 N–H and O–H groups in total. The Bertz CT molecular complexity index is 256. The van der Waals surface area contributed by atoms with E-state index in [0.29, 0.717) is 6.10 Å². The number of aryl methyl sites for hydroxylation is 2. The van der Waals surface area contributed by atoms with E-state index in [-0.39, 0.29) is 0 Å². The minimum absolute atomic E-state index is 0.337. The Labute approximate surface area is 86.1 Å². The maximum absolute atomic E-state index is 5.48. The molecule has 0 saturated carbocycles. The summed E-state index contributed by atoms with van der Waals surface area (Å²) in [7, 11) is 0. The average Bonchev–Trinajstić information content (AvgIpc) is 2.59. The molecule has 0 aromatic carbocycles. The number of hydrogen-bond acceptors (Lipinski definition) is 2. The van der Waals surface area contributed by atoms with Crippen molar-refractivity contribution in [2.24, 2.45) is 0 Å². The quantitative estimate of drug-likeness (QED) is 0.652. The Kier molecular flexibility index (Phi) is 4.66. The molecule has 14 heavy (non-hydrogen) atoms. The third kappa shape index (κ3) is 3.50. The van der Waals surface area contributed by atoms with Gasteiger partial charge in [0.15, 0.2) is 0 Å². The zero-order chi connectivity index (χ0) is 10.4. The molecule has 0 aliphatic rings. The Morgan fingerprint density at radius 2 is 2.29 bits per heavy atom. The molecule has 0 amide bonds. The van der Waals surface area contributed by atoms with E-state index in [9.17, 15) is 0 Å². The van der Waals surface area contributed by atoms with Gasteiger partial charge in [-0.1, -0.05) is 6.92 Å². The second kappa shape index (κ2) is 5.81. The van der Waals surface area contributed by atoms with Crippen molar-refractivity contribution in [3.63, 3.8) is 0 Å². The molecule has 1 aromatic heterocycles. The van der Waals surface area contributed by atoms with Crippen LogP contribution in [0.1, 0.15) is 32.9 Å². The SMILES string of the molecule is CCc1cncn1CCCOC(C)C. The van der Waals surface area contributed by atoms with Crippen LogP contribution in [0.4, 0.5) is 0 Å². The first-order valence-corrected chi connectivity index (χ1v) is 5.34. The summed E-state index contributed by atoms with van der Waals surface area (Å²) in [5.41, 5.74) is 1.30. The standard InChI is InChI=1S/C11H20N2O/c1-4-11-8-12-9-13(11)6-5-7-14-10(2)3/h8-10H,4-7H2,1-3H3. The van der Waals surface area contributed by atoms with E-state index in [2.05, 4.69) is 30.3 Å². The second-order valence-corrected chi connectivity index (χ2v) is 3.71. The van der Waals surface area contributed by atoms with E-state index in [0.717, 1.165) is 26.0 Å². The molecule has 0 aliphatic carbocycles. The van der Waals surface area contributed by atoms with Crippen molar-refractivity contribution in [1.82, 2.24) is 9.55 Å². The summed E-state index contributed by atoms with van der Waals surface area (Å²) in [6.45, 7) is 8.12. The lowest BCUT2D eigenvalue weighted by Crippen LogP contribution is -2.08. The lowest BCUT2D eigenvalue weighted by Gasteiger charge is -2.09. The molecule has 0 unspecified atom stereocenters. The number of aromatic nitrogens is 2. The van der Waals surface area contributed by atoms with E-state index in [4.69, 9.17) is 4.74 Å². The van der Waals surface area contributed by atoms with Gasteiger partial charge < -0.3 is 9.30 Å². The van der Waals surface area contributed by atoms with Gasteiger partial charge >= 0.3 is 0 Å². The Morgan fingerprint density at radius 3 is 2.93 bits per heavy atom. The minimum atomic E-state index is 0.337. The highest BCUT2D eigenvalue weighted by Gasteiger charge is 1.99. The summed E-state index contributed by atoms with van der Waals surface area (Å²) < 4.78 is 7.68. The number of ether oxygens (including phenoxy) is 1. The summed E-state index contributed by atoms with van der Waals surface area (Å²) in [6.07, 6.45) is 6.27. The van der Waals surface area contributed by atoms with Crippen molar-refractivity contribution < 1.29 is 4.74 Å². The van der Waals surface area contributed by atoms with Gasteiger partial charge in [-0.2, -0.15) is 0 Å². The molecule has 3 nitrogen and oxygen atoms in total. The summed E-state index contributed by atoms with van der Waals surface area (Å²) >= 11 is 0. The molecule has 3 heteroatoms. The smallest absolute Gasteiger partial charge is 0.0948 e. The van der Waals surface area contributed by atoms with Gasteiger partial charge in [0.2, 0.25) is 0 Å². The van der Waals surface area contributed by atoms with Crippen LogP contribution in [-0.4, -0.2) is 22.3 Å². The summed E-state index contributed by atoms with van der Waals surface area (Å²) in [5, 5.41) is 0. The lowest BCUT2D eigenvalue weighted by atomic mass is 10.3. The average molecular weight is 196 g/mol. The van der Waals surface area contributed by atoms with Gasteiger partial charge in [0.1, 0.15) is 0 Å². The van der Waals surface area contributed by atoms with Crippen LogP contribution in [0, 0.1) is 0 Å². The van der Waals surface area contributed by atoms with Crippen LogP contribution in [0.5, 0.6) is 0 Å². The van der Waals surface area contributed by atoms with E-state index in [1.165, 1.54) is 5.69 Å². The highest BCUT2D eigenvalue weighted by atomic mass is 16.5. The highest BCUT2D eigenvalue weighted by molar-refractivity contribution is 4.97. The lowest BCUT2D eigenvalue weighted by molar-refractivity contribution is 0.0747. The molecular formula is C11H20N2O. The molecule has 80 valence electrons. The normalized spacial score (nSPS) is 11.1. The molecular weight excluding hydrogens is 176 g/mol. The van der Waals surface area contributed by atoms with E-state index in [1.54, 1.807) is 0 Å². The van der Waals surface area contributed by atoms with Crippen LogP contribution in [-0.2, 0) is 17.7 Å². The van der Waals surface area contributed by atoms with Gasteiger partial charge in [0, 0.05) is 25.0 Å². The molecule has 0 spiro atoms. The van der Waals surface area contributed by atoms with Gasteiger partial charge in [-0.15, -0.1) is 0 Å². The molecule has 0 aliphatic heterocycles. The van der Waals surface area contributed by atoms with Crippen LogP contribution in [0.15, 0.2) is 12.5 Å². The fourth-order valence-corrected chi connectivity index (χ4v) is 1.40. The first-order chi connectivity index (χ1) is 6.74. The van der Waals surface area contributed by atoms with Crippen molar-refractivity contribution >= 4 is 0 Å². The molecule has 0 atom stereocenters. The monoisotopic (exact) mass is 196 g/mol. The predicted molar refractivity (Wildman–Crippen MR) is 57.3 cm³/mol. The number of imidazole rings is 1. The summed E-state index contributed by atoms with van der Waals surface area (Å²) in [5.74, 6) is 0. The first kappa shape index (κ1) is 11.2. The fraction of sp³-hybridized carbons (Fsp3) is 0.727. The van der Waals surface area contributed by atoms with Crippen LogP contribution in [0.2, 0.25) is 0 Å². The predicted octanol–water partition coefficient (Wildman–Crippen LogP) is 2.26. The third-order valence-electron chi connectivity index (χ3n) is 2.16. The van der Waals surface area contributed by atoms with Crippen molar-refractivity contribution in [3.05, 3.63) is 18.2 Å². The van der Waals surface area contributed by atoms with Gasteiger partial charge in [-0.3, -0.25) is 0 Å². The van der Waals surface area contributed by atoms with Gasteiger partial charge in [-0.25, -0.2) is 4.98 Å². The van der Waals surface area contributed by atoms with Crippen molar-refractivity contribution in [2.45, 2.75) is 46.3 Å². The van der Waals surface area contributed by atoms with E-state index >= 15 is 0 Å². The zero-order valence-corrected chi connectivity index (χ0v) is 9.36. The third-order valence-corrected chi connectivity index (χ3v) is 2.16. The van der Waals surface area contributed by atoms with Crippen LogP contribution < -0.4 is 0 Å². The highest BCUT2D eigenvalue weighted by Crippen LogP contribution is 2.02. The maximum Gasteiger partial charge on any atom is 0.0948 e. The van der Waals surface area contributed by atoms with Crippen LogP contribution in [0.25, 0.3) is 0 Å². The molecule has 1 heterocycles. The van der Waals surface area contributed by atoms with Crippen molar-refractivity contribution in [3.8, 4) is 0 Å². The molecule has 1 aromatic rings. The van der Waals surface area contributed by atoms with Gasteiger partial charge in [-0.05, 0) is 26.7 Å². The molecule has 0 fully saturated rings. The van der Waals surface area contributed by atoms with E-state index in [1.807, 2.05) is 12.5 Å². The molecule has 0 saturated heterocycles. The molecule has 0 radical (unpaired) electrons. The largest absolute Gasteiger partial charge is 0.379 e. The minimum Gasteiger partial charge on any atom is -0.379 e. The van der Waals surface area contributed by atoms with Crippen molar-refractivity contribution in [2.75, 3.05) is 6.61 Å². The van der Waals surface area contributed by atoms with E-state index < -0.39 is 0 Å². The Hall–Kier alpha value is -0.830. The maximum atomic E-state index is 5.48. The van der Waals surface area contributed by atoms with Crippen LogP contribution in [0.3, 0.4) is 0 Å². The summed E-state index contributed by atoms with van der Waals surface area (Å²) in [6, 6.07) is 0. The molecule has 0 bridgehead atoms. The first-order valence-electron chi connectivity index (χ1n) is 5.34. The van der Waals surface area contributed by atoms with Gasteiger partial charge in [0.25, 0.3) is 0 Å². The Morgan fingerprint density at radius 1 is 1.50 bits per heavy atom. The number of nitrogens with zero attached hydrogens (tertiary/aromatic N) is 2. The number of rotatable bonds is 6. The van der Waals surface area contributed by atoms with Gasteiger partial charge in [0.05, 0.1) is 12.4 Å². The molecule has 1 rings (SSSR count). The van der Waals surface area contributed by atoms with Crippen molar-refractivity contribution in [1.29, 1.82) is 0 Å². The van der Waals surface area contributed by atoms with Crippen LogP contribution >= 0.6 is 0 Å². The number of hydrogen-bond donors (Lipinski definition) is 0. The Balaban J connectivity index is 2.24. The fourth-order valence-electron chi connectivity index (χ4n) is 1.40.